The number of nitrogens with two attached hydrogens (primary N) is 1. The highest BCUT2D eigenvalue weighted by atomic mass is 16.1. The van der Waals surface area contributed by atoms with Gasteiger partial charge in [-0.15, -0.1) is 0 Å². The first kappa shape index (κ1) is 35.9. The summed E-state index contributed by atoms with van der Waals surface area (Å²) in [5.74, 6) is 1.27. The Bertz CT molecular complexity index is 290. The lowest BCUT2D eigenvalue weighted by molar-refractivity contribution is -0.122. The minimum absolute atomic E-state index is 0.155. The molecule has 3 nitrogen and oxygen atoms in total. The summed E-state index contributed by atoms with van der Waals surface area (Å²) < 4.78 is 0. The molecule has 0 aromatic rings. The molecule has 0 bridgehead atoms. The third kappa shape index (κ3) is 66.0. The zero-order chi connectivity index (χ0) is 22.2. The predicted octanol–water partition coefficient (Wildman–Crippen LogP) is 7.33. The molecule has 0 saturated heterocycles. The maximum absolute atomic E-state index is 11.3. The van der Waals surface area contributed by atoms with Crippen LogP contribution in [0.3, 0.4) is 0 Å². The minimum atomic E-state index is -0.155. The van der Waals surface area contributed by atoms with Gasteiger partial charge in [-0.25, -0.2) is 0 Å². The molecule has 0 saturated carbocycles. The number of rotatable bonds is 7. The van der Waals surface area contributed by atoms with Crippen molar-refractivity contribution in [1.29, 1.82) is 0 Å². The number of carbonyl (C=O) groups is 2. The first-order valence-electron chi connectivity index (χ1n) is 10.3. The van der Waals surface area contributed by atoms with E-state index in [0.29, 0.717) is 19.3 Å². The second-order valence-corrected chi connectivity index (χ2v) is 7.48. The largest absolute Gasteiger partial charge is 0.405 e. The monoisotopic (exact) mass is 373 g/mol. The van der Waals surface area contributed by atoms with Crippen LogP contribution in [0.1, 0.15) is 115 Å². The van der Waals surface area contributed by atoms with E-state index in [1.807, 2.05) is 34.6 Å². The smallest absolute Gasteiger partial charge is 0.133 e. The lowest BCUT2D eigenvalue weighted by Crippen LogP contribution is -2.19. The molecule has 0 aliphatic carbocycles. The van der Waals surface area contributed by atoms with Crippen LogP contribution in [0.25, 0.3) is 0 Å². The number of hydrogen-bond acceptors (Lipinski definition) is 3. The fraction of sp³-hybridized carbons (Fsp3) is 0.826. The number of hydrogen-bond donors (Lipinski definition) is 1. The Morgan fingerprint density at radius 3 is 1.46 bits per heavy atom. The van der Waals surface area contributed by atoms with Crippen molar-refractivity contribution in [3.8, 4) is 0 Å². The molecule has 0 aromatic carbocycles. The quantitative estimate of drug-likeness (QED) is 0.508. The third-order valence-electron chi connectivity index (χ3n) is 2.43. The van der Waals surface area contributed by atoms with E-state index in [1.165, 1.54) is 19.0 Å². The predicted molar refractivity (Wildman–Crippen MR) is 120 cm³/mol. The molecule has 0 aliphatic rings. The van der Waals surface area contributed by atoms with Gasteiger partial charge < -0.3 is 10.5 Å². The van der Waals surface area contributed by atoms with Crippen molar-refractivity contribution < 1.29 is 9.59 Å². The molecule has 0 radical (unpaired) electrons. The summed E-state index contributed by atoms with van der Waals surface area (Å²) in [5, 5.41) is 0. The average Bonchev–Trinajstić information content (AvgIpc) is 2.48. The Balaban J connectivity index is -0.0000000927. The molecular weight excluding hydrogens is 322 g/mol. The van der Waals surface area contributed by atoms with Crippen LogP contribution < -0.4 is 5.73 Å². The molecule has 160 valence electrons. The number of Topliss-reactive ketones (excluding diaryl/α,β-unsaturated/α-hetero) is 2. The van der Waals surface area contributed by atoms with Gasteiger partial charge in [0.25, 0.3) is 0 Å². The van der Waals surface area contributed by atoms with Gasteiger partial charge in [-0.3, -0.25) is 4.79 Å². The van der Waals surface area contributed by atoms with Gasteiger partial charge in [0.2, 0.25) is 0 Å². The Labute approximate surface area is 166 Å². The van der Waals surface area contributed by atoms with Gasteiger partial charge in [0.15, 0.2) is 0 Å². The molecule has 3 heteroatoms. The topological polar surface area (TPSA) is 60.2 Å². The number of ketones is 2. The summed E-state index contributed by atoms with van der Waals surface area (Å²) in [5.41, 5.74) is 4.46. The van der Waals surface area contributed by atoms with Gasteiger partial charge in [-0.1, -0.05) is 88.7 Å². The van der Waals surface area contributed by atoms with Crippen molar-refractivity contribution in [3.05, 3.63) is 12.8 Å². The standard InChI is InChI=1S/C11H20O2.2C4H10.C2H5N.C2H6/c1-5-6-10(13)8-11(3,4)7-9(2)12;1-4(2)3;1-3-4-2;1-2-3;1-2/h5-8H2,1-4H3;4H,1-3H3;3-4H2,1-2H3;2H,1,3H2;1-2H3. The van der Waals surface area contributed by atoms with E-state index < -0.39 is 0 Å². The summed E-state index contributed by atoms with van der Waals surface area (Å²) in [6, 6.07) is 0. The molecule has 0 unspecified atom stereocenters. The summed E-state index contributed by atoms with van der Waals surface area (Å²) >= 11 is 0. The van der Waals surface area contributed by atoms with Crippen molar-refractivity contribution >= 4 is 11.6 Å². The Hall–Kier alpha value is -1.12. The zero-order valence-corrected chi connectivity index (χ0v) is 20.0. The number of carbonyl (C=O) groups excluding carboxylic acids is 2. The first-order chi connectivity index (χ1) is 11.9. The zero-order valence-electron chi connectivity index (χ0n) is 20.0. The second-order valence-electron chi connectivity index (χ2n) is 7.48. The van der Waals surface area contributed by atoms with Crippen LogP contribution in [-0.4, -0.2) is 11.6 Å². The van der Waals surface area contributed by atoms with Crippen molar-refractivity contribution in [2.75, 3.05) is 0 Å². The van der Waals surface area contributed by atoms with Crippen molar-refractivity contribution in [2.45, 2.75) is 115 Å². The molecule has 0 spiro atoms. The minimum Gasteiger partial charge on any atom is -0.405 e. The molecule has 0 amide bonds. The maximum Gasteiger partial charge on any atom is 0.133 e. The van der Waals surface area contributed by atoms with Gasteiger partial charge in [-0.05, 0) is 30.9 Å². The van der Waals surface area contributed by atoms with Crippen LogP contribution >= 0.6 is 0 Å². The van der Waals surface area contributed by atoms with Gasteiger partial charge in [0, 0.05) is 19.3 Å². The molecule has 2 N–H and O–H groups in total. The van der Waals surface area contributed by atoms with Crippen molar-refractivity contribution in [2.24, 2.45) is 17.1 Å². The molecule has 0 rings (SSSR count). The Kier molecular flexibility index (Phi) is 39.6. The summed E-state index contributed by atoms with van der Waals surface area (Å²) in [6.07, 6.45) is 6.46. The molecular formula is C23H51NO2. The van der Waals surface area contributed by atoms with E-state index in [1.54, 1.807) is 6.92 Å². The van der Waals surface area contributed by atoms with Crippen LogP contribution in [-0.2, 0) is 9.59 Å². The van der Waals surface area contributed by atoms with E-state index in [9.17, 15) is 9.59 Å². The fourth-order valence-corrected chi connectivity index (χ4v) is 1.64. The van der Waals surface area contributed by atoms with Gasteiger partial charge in [0.1, 0.15) is 11.6 Å². The highest BCUT2D eigenvalue weighted by Crippen LogP contribution is 2.26. The second kappa shape index (κ2) is 28.7. The summed E-state index contributed by atoms with van der Waals surface area (Å²) in [4.78, 5) is 22.2. The number of unbranched alkanes of at least 4 members (excludes halogenated alkanes) is 1. The van der Waals surface area contributed by atoms with Gasteiger partial charge in [0.05, 0.1) is 0 Å². The third-order valence-corrected chi connectivity index (χ3v) is 2.43. The maximum atomic E-state index is 11.3. The van der Waals surface area contributed by atoms with Crippen molar-refractivity contribution in [3.63, 3.8) is 0 Å². The molecule has 0 heterocycles. The lowest BCUT2D eigenvalue weighted by Gasteiger charge is -2.21. The van der Waals surface area contributed by atoms with E-state index in [4.69, 9.17) is 0 Å². The molecule has 0 aromatic heterocycles. The van der Waals surface area contributed by atoms with Crippen LogP contribution in [0, 0.1) is 11.3 Å². The highest BCUT2D eigenvalue weighted by Gasteiger charge is 2.22. The van der Waals surface area contributed by atoms with Crippen LogP contribution in [0.4, 0.5) is 0 Å². The molecule has 0 fully saturated rings. The van der Waals surface area contributed by atoms with E-state index in [2.05, 4.69) is 46.9 Å². The highest BCUT2D eigenvalue weighted by molar-refractivity contribution is 5.81. The van der Waals surface area contributed by atoms with Crippen LogP contribution in [0.15, 0.2) is 12.8 Å². The van der Waals surface area contributed by atoms with Gasteiger partial charge in [-0.2, -0.15) is 0 Å². The Morgan fingerprint density at radius 1 is 0.962 bits per heavy atom. The molecule has 26 heavy (non-hydrogen) atoms. The molecule has 0 atom stereocenters. The first-order valence-corrected chi connectivity index (χ1v) is 10.3. The normalized spacial score (nSPS) is 8.92. The summed E-state index contributed by atoms with van der Waals surface area (Å²) in [6.45, 7) is 25.5. The fourth-order valence-electron chi connectivity index (χ4n) is 1.64. The van der Waals surface area contributed by atoms with Crippen LogP contribution in [0.2, 0.25) is 0 Å². The van der Waals surface area contributed by atoms with Gasteiger partial charge >= 0.3 is 0 Å². The van der Waals surface area contributed by atoms with Crippen LogP contribution in [0.5, 0.6) is 0 Å². The van der Waals surface area contributed by atoms with E-state index >= 15 is 0 Å². The average molecular weight is 374 g/mol. The molecule has 0 aliphatic heterocycles. The summed E-state index contributed by atoms with van der Waals surface area (Å²) in [7, 11) is 0. The lowest BCUT2D eigenvalue weighted by atomic mass is 9.82. The van der Waals surface area contributed by atoms with E-state index in [-0.39, 0.29) is 17.0 Å². The van der Waals surface area contributed by atoms with E-state index in [0.717, 1.165) is 12.3 Å². The Morgan fingerprint density at radius 2 is 1.27 bits per heavy atom. The van der Waals surface area contributed by atoms with Crippen molar-refractivity contribution in [1.82, 2.24) is 0 Å². The SMILES string of the molecule is C=CN.CC.CC(C)C.CCCC.CCCC(=O)CC(C)(C)CC(C)=O.